The summed E-state index contributed by atoms with van der Waals surface area (Å²) in [7, 11) is 0. The standard InChI is InChI=1S/C3H4N2S.C2H6/c1-3-2-6-5-4-3;1-2/h2H,1H3;1-2H3. The molecule has 0 spiro atoms. The fourth-order valence-electron chi connectivity index (χ4n) is 0.211. The molecule has 0 N–H and O–H groups in total. The van der Waals surface area contributed by atoms with Gasteiger partial charge in [0.25, 0.3) is 0 Å². The molecule has 1 aromatic rings. The van der Waals surface area contributed by atoms with Crippen LogP contribution in [0, 0.1) is 6.92 Å². The summed E-state index contributed by atoms with van der Waals surface area (Å²) in [6, 6.07) is 0. The number of nitrogens with zero attached hydrogens (tertiary/aromatic N) is 2. The number of aromatic nitrogens is 2. The largest absolute Gasteiger partial charge is 0.143 e. The summed E-state index contributed by atoms with van der Waals surface area (Å²) < 4.78 is 3.61. The Hall–Kier alpha value is -0.440. The van der Waals surface area contributed by atoms with E-state index in [1.807, 2.05) is 26.2 Å². The third-order valence-electron chi connectivity index (χ3n) is 0.469. The van der Waals surface area contributed by atoms with E-state index in [0.717, 1.165) is 5.69 Å². The summed E-state index contributed by atoms with van der Waals surface area (Å²) in [6.45, 7) is 5.92. The molecule has 2 nitrogen and oxygen atoms in total. The fourth-order valence-corrected chi connectivity index (χ4v) is 0.634. The first-order valence-electron chi connectivity index (χ1n) is 2.63. The predicted molar refractivity (Wildman–Crippen MR) is 36.0 cm³/mol. The lowest BCUT2D eigenvalue weighted by Gasteiger charge is -1.61. The van der Waals surface area contributed by atoms with E-state index in [1.165, 1.54) is 11.5 Å². The Kier molecular flexibility index (Phi) is 4.45. The van der Waals surface area contributed by atoms with Crippen LogP contribution >= 0.6 is 11.5 Å². The van der Waals surface area contributed by atoms with Gasteiger partial charge in [-0.3, -0.25) is 0 Å². The quantitative estimate of drug-likeness (QED) is 0.536. The number of aryl methyl sites for hydroxylation is 1. The van der Waals surface area contributed by atoms with Crippen LogP contribution in [0.3, 0.4) is 0 Å². The number of hydrogen-bond donors (Lipinski definition) is 0. The Balaban J connectivity index is 0.000000222. The minimum absolute atomic E-state index is 1.00. The molecule has 0 radical (unpaired) electrons. The van der Waals surface area contributed by atoms with Crippen molar-refractivity contribution < 1.29 is 0 Å². The van der Waals surface area contributed by atoms with E-state index in [0.29, 0.717) is 0 Å². The zero-order chi connectivity index (χ0) is 6.41. The molecule has 0 aromatic carbocycles. The van der Waals surface area contributed by atoms with Gasteiger partial charge in [-0.2, -0.15) is 0 Å². The topological polar surface area (TPSA) is 25.8 Å². The van der Waals surface area contributed by atoms with Crippen LogP contribution in [0.5, 0.6) is 0 Å². The molecule has 3 heteroatoms. The zero-order valence-electron chi connectivity index (χ0n) is 5.38. The van der Waals surface area contributed by atoms with Crippen molar-refractivity contribution in [1.29, 1.82) is 0 Å². The smallest absolute Gasteiger partial charge is 0.0724 e. The molecule has 0 aliphatic carbocycles. The summed E-state index contributed by atoms with van der Waals surface area (Å²) in [5.74, 6) is 0. The zero-order valence-corrected chi connectivity index (χ0v) is 6.20. The fraction of sp³-hybridized carbons (Fsp3) is 0.600. The molecule has 1 aromatic heterocycles. The lowest BCUT2D eigenvalue weighted by molar-refractivity contribution is 1.09. The molecular weight excluding hydrogens is 120 g/mol. The van der Waals surface area contributed by atoms with Crippen LogP contribution in [0.15, 0.2) is 5.38 Å². The average molecular weight is 130 g/mol. The molecule has 8 heavy (non-hydrogen) atoms. The minimum Gasteiger partial charge on any atom is -0.143 e. The molecule has 0 atom stereocenters. The van der Waals surface area contributed by atoms with Gasteiger partial charge in [0.2, 0.25) is 0 Å². The van der Waals surface area contributed by atoms with E-state index in [1.54, 1.807) is 0 Å². The molecule has 1 heterocycles. The highest BCUT2D eigenvalue weighted by Gasteiger charge is 1.78. The lowest BCUT2D eigenvalue weighted by atomic mass is 10.6. The molecule has 0 unspecified atom stereocenters. The van der Waals surface area contributed by atoms with Crippen LogP contribution < -0.4 is 0 Å². The summed E-state index contributed by atoms with van der Waals surface area (Å²) in [5.41, 5.74) is 1.00. The van der Waals surface area contributed by atoms with Gasteiger partial charge in [0, 0.05) is 5.38 Å². The summed E-state index contributed by atoms with van der Waals surface area (Å²) in [4.78, 5) is 0. The summed E-state index contributed by atoms with van der Waals surface area (Å²) >= 11 is 1.38. The van der Waals surface area contributed by atoms with Crippen LogP contribution in [0.4, 0.5) is 0 Å². The SMILES string of the molecule is CC.Cc1csnn1. The van der Waals surface area contributed by atoms with Crippen molar-refractivity contribution in [3.05, 3.63) is 11.1 Å². The predicted octanol–water partition coefficient (Wildman–Crippen LogP) is 1.87. The Morgan fingerprint density at radius 1 is 1.50 bits per heavy atom. The van der Waals surface area contributed by atoms with Crippen LogP contribution in [-0.2, 0) is 0 Å². The van der Waals surface area contributed by atoms with Crippen molar-refractivity contribution in [2.75, 3.05) is 0 Å². The number of hydrogen-bond acceptors (Lipinski definition) is 3. The third-order valence-corrected chi connectivity index (χ3v) is 1.09. The van der Waals surface area contributed by atoms with Crippen molar-refractivity contribution in [1.82, 2.24) is 9.59 Å². The maximum absolute atomic E-state index is 3.69. The van der Waals surface area contributed by atoms with E-state index >= 15 is 0 Å². The second-order valence-electron chi connectivity index (χ2n) is 1.05. The first-order valence-corrected chi connectivity index (χ1v) is 3.47. The highest BCUT2D eigenvalue weighted by molar-refractivity contribution is 7.03. The van der Waals surface area contributed by atoms with Crippen molar-refractivity contribution in [3.8, 4) is 0 Å². The van der Waals surface area contributed by atoms with Crippen LogP contribution in [0.2, 0.25) is 0 Å². The maximum Gasteiger partial charge on any atom is 0.0724 e. The summed E-state index contributed by atoms with van der Waals surface area (Å²) in [6.07, 6.45) is 0. The van der Waals surface area contributed by atoms with E-state index in [-0.39, 0.29) is 0 Å². The van der Waals surface area contributed by atoms with E-state index in [4.69, 9.17) is 0 Å². The Morgan fingerprint density at radius 2 is 2.12 bits per heavy atom. The first-order chi connectivity index (χ1) is 3.89. The van der Waals surface area contributed by atoms with Gasteiger partial charge in [0.05, 0.1) is 5.69 Å². The molecule has 1 rings (SSSR count). The molecule has 46 valence electrons. The molecule has 0 aliphatic heterocycles. The van der Waals surface area contributed by atoms with Gasteiger partial charge >= 0.3 is 0 Å². The molecular formula is C5H10N2S. The van der Waals surface area contributed by atoms with E-state index in [9.17, 15) is 0 Å². The molecule has 0 aliphatic rings. The van der Waals surface area contributed by atoms with Gasteiger partial charge in [0.15, 0.2) is 0 Å². The minimum atomic E-state index is 1.00. The Morgan fingerprint density at radius 3 is 2.25 bits per heavy atom. The lowest BCUT2D eigenvalue weighted by Crippen LogP contribution is -1.64. The van der Waals surface area contributed by atoms with Gasteiger partial charge in [-0.25, -0.2) is 0 Å². The normalized spacial score (nSPS) is 7.38. The molecule has 0 saturated heterocycles. The Labute approximate surface area is 53.7 Å². The molecule has 0 fully saturated rings. The molecule has 0 saturated carbocycles. The van der Waals surface area contributed by atoms with Gasteiger partial charge in [-0.15, -0.1) is 5.10 Å². The number of rotatable bonds is 0. The Bertz CT molecular complexity index is 114. The van der Waals surface area contributed by atoms with E-state index < -0.39 is 0 Å². The van der Waals surface area contributed by atoms with Crippen molar-refractivity contribution >= 4 is 11.5 Å². The molecule has 0 amide bonds. The average Bonchev–Trinajstić information content (AvgIpc) is 2.24. The van der Waals surface area contributed by atoms with Gasteiger partial charge in [-0.05, 0) is 18.5 Å². The van der Waals surface area contributed by atoms with Crippen LogP contribution in [-0.4, -0.2) is 9.59 Å². The third kappa shape index (κ3) is 2.69. The maximum atomic E-state index is 3.69. The molecule has 0 bridgehead atoms. The monoisotopic (exact) mass is 130 g/mol. The highest BCUT2D eigenvalue weighted by Crippen LogP contribution is 1.90. The second kappa shape index (κ2) is 4.71. The van der Waals surface area contributed by atoms with Gasteiger partial charge in [0.1, 0.15) is 0 Å². The van der Waals surface area contributed by atoms with Crippen molar-refractivity contribution in [2.45, 2.75) is 20.8 Å². The first kappa shape index (κ1) is 7.56. The van der Waals surface area contributed by atoms with E-state index in [2.05, 4.69) is 9.59 Å². The van der Waals surface area contributed by atoms with Crippen LogP contribution in [0.25, 0.3) is 0 Å². The van der Waals surface area contributed by atoms with Crippen LogP contribution in [0.1, 0.15) is 19.5 Å². The summed E-state index contributed by atoms with van der Waals surface area (Å²) in [5, 5.41) is 5.59. The second-order valence-corrected chi connectivity index (χ2v) is 1.66. The van der Waals surface area contributed by atoms with Crippen molar-refractivity contribution in [2.24, 2.45) is 0 Å². The van der Waals surface area contributed by atoms with Gasteiger partial charge < -0.3 is 0 Å². The highest BCUT2D eigenvalue weighted by atomic mass is 32.1. The van der Waals surface area contributed by atoms with Crippen molar-refractivity contribution in [3.63, 3.8) is 0 Å². The van der Waals surface area contributed by atoms with Gasteiger partial charge in [-0.1, -0.05) is 18.3 Å².